The summed E-state index contributed by atoms with van der Waals surface area (Å²) in [6.45, 7) is 3.38. The van der Waals surface area contributed by atoms with Gasteiger partial charge >= 0.3 is 0 Å². The lowest BCUT2D eigenvalue weighted by atomic mass is 10.3. The first kappa shape index (κ1) is 17.0. The van der Waals surface area contributed by atoms with Gasteiger partial charge in [-0.15, -0.1) is 11.8 Å². The second-order valence-corrected chi connectivity index (χ2v) is 8.10. The number of thioether (sulfide) groups is 1. The summed E-state index contributed by atoms with van der Waals surface area (Å²) in [5.74, 6) is 0.384. The average molecular weight is 315 g/mol. The van der Waals surface area contributed by atoms with Crippen molar-refractivity contribution in [2.24, 2.45) is 0 Å². The summed E-state index contributed by atoms with van der Waals surface area (Å²) >= 11 is 1.46. The van der Waals surface area contributed by atoms with E-state index in [9.17, 15) is 13.2 Å². The summed E-state index contributed by atoms with van der Waals surface area (Å²) < 4.78 is 23.1. The Morgan fingerprint density at radius 3 is 2.45 bits per heavy atom. The van der Waals surface area contributed by atoms with Crippen molar-refractivity contribution >= 4 is 27.5 Å². The molecule has 1 aromatic carbocycles. The molecule has 1 atom stereocenters. The zero-order chi connectivity index (χ0) is 15.2. The SMILES string of the molecule is CCS(=O)(=O)CC(C)N(C)C(=O)CSc1ccccc1. The smallest absolute Gasteiger partial charge is 0.232 e. The Hall–Kier alpha value is -1.01. The van der Waals surface area contributed by atoms with Gasteiger partial charge in [0, 0.05) is 23.7 Å². The molecule has 112 valence electrons. The molecule has 0 aliphatic carbocycles. The van der Waals surface area contributed by atoms with Gasteiger partial charge in [0.1, 0.15) is 0 Å². The minimum Gasteiger partial charge on any atom is -0.341 e. The highest BCUT2D eigenvalue weighted by atomic mass is 32.2. The maximum Gasteiger partial charge on any atom is 0.232 e. The average Bonchev–Trinajstić information content (AvgIpc) is 2.44. The highest BCUT2D eigenvalue weighted by Gasteiger charge is 2.21. The number of sulfone groups is 1. The van der Waals surface area contributed by atoms with Gasteiger partial charge in [-0.1, -0.05) is 25.1 Å². The molecular formula is C14H21NO3S2. The van der Waals surface area contributed by atoms with E-state index in [4.69, 9.17) is 0 Å². The maximum atomic E-state index is 12.0. The van der Waals surface area contributed by atoms with Crippen molar-refractivity contribution in [1.29, 1.82) is 0 Å². The molecule has 0 saturated carbocycles. The van der Waals surface area contributed by atoms with E-state index in [2.05, 4.69) is 0 Å². The predicted octanol–water partition coefficient (Wildman–Crippen LogP) is 2.06. The zero-order valence-corrected chi connectivity index (χ0v) is 13.7. The van der Waals surface area contributed by atoms with Gasteiger partial charge in [-0.25, -0.2) is 8.42 Å². The standard InChI is InChI=1S/C14H21NO3S2/c1-4-20(17,18)11-12(2)15(3)14(16)10-19-13-8-6-5-7-9-13/h5-9,12H,4,10-11H2,1-3H3. The van der Waals surface area contributed by atoms with Crippen LogP contribution in [0.4, 0.5) is 0 Å². The van der Waals surface area contributed by atoms with Gasteiger partial charge in [-0.05, 0) is 19.1 Å². The molecule has 6 heteroatoms. The van der Waals surface area contributed by atoms with Crippen LogP contribution in [-0.2, 0) is 14.6 Å². The Kier molecular flexibility index (Phi) is 6.55. The molecule has 1 amide bonds. The minimum absolute atomic E-state index is 0.0156. The second-order valence-electron chi connectivity index (χ2n) is 4.65. The summed E-state index contributed by atoms with van der Waals surface area (Å²) in [4.78, 5) is 14.6. The van der Waals surface area contributed by atoms with Crippen LogP contribution in [-0.4, -0.2) is 49.6 Å². The summed E-state index contributed by atoms with van der Waals surface area (Å²) in [5.41, 5.74) is 0. The van der Waals surface area contributed by atoms with Crippen LogP contribution in [0.2, 0.25) is 0 Å². The lowest BCUT2D eigenvalue weighted by Gasteiger charge is -2.24. The third kappa shape index (κ3) is 5.54. The van der Waals surface area contributed by atoms with Gasteiger partial charge in [0.2, 0.25) is 5.91 Å². The van der Waals surface area contributed by atoms with Crippen LogP contribution >= 0.6 is 11.8 Å². The molecule has 20 heavy (non-hydrogen) atoms. The Labute approximate surface area is 125 Å². The summed E-state index contributed by atoms with van der Waals surface area (Å²) in [7, 11) is -1.41. The first-order valence-corrected chi connectivity index (χ1v) is 9.30. The minimum atomic E-state index is -3.07. The van der Waals surface area contributed by atoms with Crippen molar-refractivity contribution < 1.29 is 13.2 Å². The van der Waals surface area contributed by atoms with E-state index in [0.29, 0.717) is 5.75 Å². The molecule has 0 N–H and O–H groups in total. The topological polar surface area (TPSA) is 54.5 Å². The van der Waals surface area contributed by atoms with Crippen molar-refractivity contribution in [2.75, 3.05) is 24.3 Å². The van der Waals surface area contributed by atoms with Crippen LogP contribution in [0.3, 0.4) is 0 Å². The lowest BCUT2D eigenvalue weighted by molar-refractivity contribution is -0.128. The molecule has 0 radical (unpaired) electrons. The monoisotopic (exact) mass is 315 g/mol. The molecule has 0 aliphatic heterocycles. The molecule has 1 rings (SSSR count). The molecule has 0 heterocycles. The number of hydrogen-bond donors (Lipinski definition) is 0. The largest absolute Gasteiger partial charge is 0.341 e. The number of nitrogens with zero attached hydrogens (tertiary/aromatic N) is 1. The zero-order valence-electron chi connectivity index (χ0n) is 12.1. The number of amides is 1. The molecule has 1 unspecified atom stereocenters. The molecule has 0 spiro atoms. The van der Waals surface area contributed by atoms with Crippen molar-refractivity contribution in [3.05, 3.63) is 30.3 Å². The third-order valence-corrected chi connectivity index (χ3v) is 5.96. The van der Waals surface area contributed by atoms with Crippen molar-refractivity contribution in [1.82, 2.24) is 4.90 Å². The fourth-order valence-corrected chi connectivity index (χ4v) is 3.64. The number of hydrogen-bond acceptors (Lipinski definition) is 4. The molecule has 0 aromatic heterocycles. The van der Waals surface area contributed by atoms with Crippen LogP contribution in [0.15, 0.2) is 35.2 Å². The van der Waals surface area contributed by atoms with Crippen LogP contribution in [0.5, 0.6) is 0 Å². The number of rotatable bonds is 7. The molecule has 0 saturated heterocycles. The van der Waals surface area contributed by atoms with Gasteiger partial charge in [0.25, 0.3) is 0 Å². The Balaban J connectivity index is 2.50. The van der Waals surface area contributed by atoms with Crippen LogP contribution < -0.4 is 0 Å². The van der Waals surface area contributed by atoms with E-state index in [1.165, 1.54) is 16.7 Å². The molecule has 1 aromatic rings. The van der Waals surface area contributed by atoms with Gasteiger partial charge in [-0.3, -0.25) is 4.79 Å². The maximum absolute atomic E-state index is 12.0. The highest BCUT2D eigenvalue weighted by molar-refractivity contribution is 8.00. The van der Waals surface area contributed by atoms with E-state index in [0.717, 1.165) is 4.90 Å². The number of carbonyl (C=O) groups excluding carboxylic acids is 1. The third-order valence-electron chi connectivity index (χ3n) is 3.10. The molecule has 0 aliphatic rings. The second kappa shape index (κ2) is 7.69. The Morgan fingerprint density at radius 1 is 1.30 bits per heavy atom. The fraction of sp³-hybridized carbons (Fsp3) is 0.500. The van der Waals surface area contributed by atoms with E-state index in [1.807, 2.05) is 30.3 Å². The molecule has 0 fully saturated rings. The van der Waals surface area contributed by atoms with Gasteiger partial charge in [0.05, 0.1) is 11.5 Å². The molecule has 0 bridgehead atoms. The fourth-order valence-electron chi connectivity index (χ4n) is 1.61. The van der Waals surface area contributed by atoms with E-state index >= 15 is 0 Å². The van der Waals surface area contributed by atoms with Crippen LogP contribution in [0.1, 0.15) is 13.8 Å². The van der Waals surface area contributed by atoms with Gasteiger partial charge < -0.3 is 4.90 Å². The highest BCUT2D eigenvalue weighted by Crippen LogP contribution is 2.17. The van der Waals surface area contributed by atoms with Crippen LogP contribution in [0.25, 0.3) is 0 Å². The van der Waals surface area contributed by atoms with Crippen molar-refractivity contribution in [3.63, 3.8) is 0 Å². The van der Waals surface area contributed by atoms with E-state index in [1.54, 1.807) is 20.9 Å². The molecular weight excluding hydrogens is 294 g/mol. The van der Waals surface area contributed by atoms with Gasteiger partial charge in [-0.2, -0.15) is 0 Å². The van der Waals surface area contributed by atoms with Crippen LogP contribution in [0, 0.1) is 0 Å². The Bertz CT molecular complexity index is 529. The number of benzene rings is 1. The van der Waals surface area contributed by atoms with Crippen molar-refractivity contribution in [2.45, 2.75) is 24.8 Å². The first-order valence-electron chi connectivity index (χ1n) is 6.49. The quantitative estimate of drug-likeness (QED) is 0.723. The normalized spacial score (nSPS) is 12.9. The molecule has 4 nitrogen and oxygen atoms in total. The van der Waals surface area contributed by atoms with Crippen molar-refractivity contribution in [3.8, 4) is 0 Å². The summed E-state index contributed by atoms with van der Waals surface area (Å²) in [6.07, 6.45) is 0. The summed E-state index contributed by atoms with van der Waals surface area (Å²) in [5, 5.41) is 0. The lowest BCUT2D eigenvalue weighted by Crippen LogP contribution is -2.40. The summed E-state index contributed by atoms with van der Waals surface area (Å²) in [6, 6.07) is 9.37. The number of carbonyl (C=O) groups is 1. The Morgan fingerprint density at radius 2 is 1.90 bits per heavy atom. The van der Waals surface area contributed by atoms with E-state index < -0.39 is 9.84 Å². The predicted molar refractivity (Wildman–Crippen MR) is 83.7 cm³/mol. The van der Waals surface area contributed by atoms with E-state index in [-0.39, 0.29) is 23.5 Å². The van der Waals surface area contributed by atoms with Gasteiger partial charge in [0.15, 0.2) is 9.84 Å². The first-order chi connectivity index (χ1) is 9.35.